The van der Waals surface area contributed by atoms with Crippen LogP contribution < -0.4 is 24.1 Å². The Labute approximate surface area is 144 Å². The molecule has 15 heteroatoms. The minimum atomic E-state index is -1.18. The summed E-state index contributed by atoms with van der Waals surface area (Å²) in [5, 5.41) is 0. The van der Waals surface area contributed by atoms with E-state index in [1.807, 2.05) is 0 Å². The molecule has 12 nitrogen and oxygen atoms in total. The molecule has 21 heavy (non-hydrogen) atoms. The molecule has 0 saturated heterocycles. The molecular formula is C6H15Ga3N6O6. The van der Waals surface area contributed by atoms with Crippen LogP contribution in [0.4, 0.5) is 0 Å². The van der Waals surface area contributed by atoms with Crippen molar-refractivity contribution < 1.29 is 28.8 Å². The normalized spacial score (nSPS) is 6.29. The Morgan fingerprint density at radius 3 is 0.619 bits per heavy atom. The molecule has 0 aliphatic rings. The van der Waals surface area contributed by atoms with E-state index in [9.17, 15) is 28.8 Å². The predicted molar refractivity (Wildman–Crippen MR) is 76.6 cm³/mol. The number of amides is 6. The van der Waals surface area contributed by atoms with Crippen molar-refractivity contribution in [3.63, 3.8) is 0 Å². The Balaban J connectivity index is -0.000000231. The molecule has 0 unspecified atom stereocenters. The summed E-state index contributed by atoms with van der Waals surface area (Å²) in [4.78, 5) is 56.8. The molecule has 0 heterocycles. The van der Waals surface area contributed by atoms with Gasteiger partial charge in [0.15, 0.2) is 0 Å². The summed E-state index contributed by atoms with van der Waals surface area (Å²) in [5.74, 6) is 0. The topological polar surface area (TPSA) is 175 Å². The summed E-state index contributed by atoms with van der Waals surface area (Å²) in [6, 6.07) is 0. The SMILES string of the molecule is O=C[NH][GaH][NH]C=O.O=C[NH][GaH][NH]C=O.O=C[NH][GaH][NH]C=O. The summed E-state index contributed by atoms with van der Waals surface area (Å²) < 4.78 is 14.5. The van der Waals surface area contributed by atoms with Gasteiger partial charge in [-0.2, -0.15) is 0 Å². The zero-order chi connectivity index (χ0) is 16.6. The number of nitrogens with one attached hydrogen (secondary N) is 6. The first-order valence-electron chi connectivity index (χ1n) is 5.27. The first-order chi connectivity index (χ1) is 10.2. The van der Waals surface area contributed by atoms with E-state index < -0.39 is 53.7 Å². The summed E-state index contributed by atoms with van der Waals surface area (Å²) >= 11 is -3.55. The van der Waals surface area contributed by atoms with E-state index >= 15 is 0 Å². The maximum atomic E-state index is 9.46. The molecule has 0 aromatic rings. The molecule has 0 radical (unpaired) electrons. The van der Waals surface area contributed by atoms with Gasteiger partial charge in [0.25, 0.3) is 0 Å². The van der Waals surface area contributed by atoms with Crippen molar-refractivity contribution in [2.75, 3.05) is 0 Å². The van der Waals surface area contributed by atoms with Gasteiger partial charge in [0.2, 0.25) is 0 Å². The Morgan fingerprint density at radius 1 is 0.381 bits per heavy atom. The van der Waals surface area contributed by atoms with Gasteiger partial charge in [-0.3, -0.25) is 0 Å². The molecule has 0 aromatic heterocycles. The number of carbonyl (C=O) groups is 6. The molecule has 0 aliphatic carbocycles. The second-order valence-corrected chi connectivity index (χ2v) is 9.83. The maximum absolute atomic E-state index is 9.46. The summed E-state index contributed by atoms with van der Waals surface area (Å²) in [7, 11) is 0. The molecule has 0 rings (SSSR count). The molecular weight excluding hydrogens is 461 g/mol. The molecule has 0 spiro atoms. The van der Waals surface area contributed by atoms with Crippen LogP contribution in [-0.4, -0.2) is 92.1 Å². The Hall–Kier alpha value is -1.27. The van der Waals surface area contributed by atoms with Crippen molar-refractivity contribution >= 4 is 92.1 Å². The second kappa shape index (κ2) is 31.2. The average Bonchev–Trinajstić information content (AvgIpc) is 2.50. The molecule has 114 valence electrons. The summed E-state index contributed by atoms with van der Waals surface area (Å²) in [5.41, 5.74) is 0. The standard InChI is InChI=1S/6CH3NO.3Ga.3H/c6*2-1-3;;;;;;/h6*1H,(H2,2,3);;;;;;/q;;;;;;3*+2;;;/p-6. The molecule has 0 aliphatic heterocycles. The van der Waals surface area contributed by atoms with Gasteiger partial charge in [0, 0.05) is 0 Å². The molecule has 0 fully saturated rings. The number of hydrogen-bond acceptors (Lipinski definition) is 6. The fourth-order valence-corrected chi connectivity index (χ4v) is 2.22. The summed E-state index contributed by atoms with van der Waals surface area (Å²) in [6.45, 7) is 0. The van der Waals surface area contributed by atoms with Crippen LogP contribution in [-0.2, 0) is 28.8 Å². The minimum absolute atomic E-state index is 0.594. The Morgan fingerprint density at radius 2 is 0.524 bits per heavy atom. The fourth-order valence-electron chi connectivity index (χ4n) is 0.427. The van der Waals surface area contributed by atoms with Crippen LogP contribution in [0, 0.1) is 0 Å². The van der Waals surface area contributed by atoms with Crippen LogP contribution in [0.3, 0.4) is 0 Å². The summed E-state index contributed by atoms with van der Waals surface area (Å²) in [6.07, 6.45) is 3.56. The number of hydrogen-bond donors (Lipinski definition) is 6. The van der Waals surface area contributed by atoms with E-state index in [0.717, 1.165) is 0 Å². The number of rotatable bonds is 12. The van der Waals surface area contributed by atoms with Crippen LogP contribution in [0.25, 0.3) is 0 Å². The van der Waals surface area contributed by atoms with Gasteiger partial charge >= 0.3 is 145 Å². The van der Waals surface area contributed by atoms with Gasteiger partial charge in [-0.1, -0.05) is 0 Å². The monoisotopic (exact) mass is 474 g/mol. The van der Waals surface area contributed by atoms with Gasteiger partial charge in [-0.25, -0.2) is 0 Å². The van der Waals surface area contributed by atoms with Gasteiger partial charge in [0.05, 0.1) is 0 Å². The molecule has 0 atom stereocenters. The second-order valence-electron chi connectivity index (χ2n) is 2.46. The first-order valence-corrected chi connectivity index (χ1v) is 14.2. The van der Waals surface area contributed by atoms with Crippen molar-refractivity contribution in [2.45, 2.75) is 0 Å². The van der Waals surface area contributed by atoms with Crippen LogP contribution >= 0.6 is 0 Å². The third kappa shape index (κ3) is 45.5. The molecule has 0 saturated carbocycles. The quantitative estimate of drug-likeness (QED) is 0.0927. The Kier molecular flexibility index (Phi) is 36.8. The predicted octanol–water partition coefficient (Wildman–Crippen LogP) is -6.77. The van der Waals surface area contributed by atoms with Crippen molar-refractivity contribution in [1.82, 2.24) is 24.1 Å². The van der Waals surface area contributed by atoms with Crippen molar-refractivity contribution in [3.8, 4) is 0 Å². The van der Waals surface area contributed by atoms with Crippen molar-refractivity contribution in [1.29, 1.82) is 0 Å². The van der Waals surface area contributed by atoms with Gasteiger partial charge in [0.1, 0.15) is 0 Å². The van der Waals surface area contributed by atoms with Gasteiger partial charge < -0.3 is 0 Å². The third-order valence-corrected chi connectivity index (χ3v) is 5.78. The average molecular weight is 476 g/mol. The molecule has 6 N–H and O–H groups in total. The molecule has 6 amide bonds. The van der Waals surface area contributed by atoms with E-state index in [2.05, 4.69) is 24.1 Å². The molecule has 0 bridgehead atoms. The van der Waals surface area contributed by atoms with Crippen molar-refractivity contribution in [3.05, 3.63) is 0 Å². The van der Waals surface area contributed by atoms with E-state index in [-0.39, 0.29) is 0 Å². The molecule has 0 aromatic carbocycles. The van der Waals surface area contributed by atoms with Crippen molar-refractivity contribution in [2.24, 2.45) is 0 Å². The van der Waals surface area contributed by atoms with Gasteiger partial charge in [-0.15, -0.1) is 0 Å². The van der Waals surface area contributed by atoms with Gasteiger partial charge in [-0.05, 0) is 0 Å². The van der Waals surface area contributed by atoms with Crippen LogP contribution in [0.1, 0.15) is 0 Å². The van der Waals surface area contributed by atoms with Crippen LogP contribution in [0.5, 0.6) is 0 Å². The van der Waals surface area contributed by atoms with E-state index in [1.165, 1.54) is 0 Å². The number of carbonyl (C=O) groups excluding carboxylic acids is 6. The zero-order valence-corrected chi connectivity index (χ0v) is 19.9. The fraction of sp³-hybridized carbons (Fsp3) is 0. The van der Waals surface area contributed by atoms with Crippen LogP contribution in [0.2, 0.25) is 0 Å². The third-order valence-electron chi connectivity index (χ3n) is 1.11. The van der Waals surface area contributed by atoms with E-state index in [1.54, 1.807) is 0 Å². The Bertz CT molecular complexity index is 219. The first kappa shape index (κ1) is 24.7. The van der Waals surface area contributed by atoms with E-state index in [0.29, 0.717) is 38.5 Å². The van der Waals surface area contributed by atoms with Crippen LogP contribution in [0.15, 0.2) is 0 Å². The zero-order valence-electron chi connectivity index (χ0n) is 11.0. The van der Waals surface area contributed by atoms with E-state index in [4.69, 9.17) is 0 Å².